The molecule has 0 spiro atoms. The third-order valence-electron chi connectivity index (χ3n) is 4.01. The monoisotopic (exact) mass is 350 g/mol. The minimum Gasteiger partial charge on any atom is -0.378 e. The van der Waals surface area contributed by atoms with Gasteiger partial charge in [-0.2, -0.15) is 30.7 Å². The van der Waals surface area contributed by atoms with Crippen molar-refractivity contribution in [2.75, 3.05) is 39.4 Å². The molecule has 0 unspecified atom stereocenters. The van der Waals surface area contributed by atoms with E-state index < -0.39 is 29.9 Å². The molecule has 2 aliphatic heterocycles. The molecule has 2 fully saturated rings. The third kappa shape index (κ3) is 4.42. The summed E-state index contributed by atoms with van der Waals surface area (Å²) in [6.45, 7) is -0.0991. The maximum absolute atomic E-state index is 13.9. The SMILES string of the molecule is F/C(=C(/N1CCOCC1)N1CCC(C(F)(F)F)CC1)C(F)(F)F. The van der Waals surface area contributed by atoms with Crippen LogP contribution in [0, 0.1) is 5.92 Å². The summed E-state index contributed by atoms with van der Waals surface area (Å²) in [7, 11) is 0. The van der Waals surface area contributed by atoms with Crippen LogP contribution in [0.2, 0.25) is 0 Å². The molecule has 0 aliphatic carbocycles. The number of morpholine rings is 1. The first-order valence-corrected chi connectivity index (χ1v) is 7.22. The quantitative estimate of drug-likeness (QED) is 0.711. The molecular formula is C13H17F7N2O. The molecule has 0 radical (unpaired) electrons. The standard InChI is InChI=1S/C13H17F7N2O/c14-10(13(18,19)20)11(22-5-7-23-8-6-22)21-3-1-9(2-4-21)12(15,16)17/h9H,1-8H2/b11-10+. The lowest BCUT2D eigenvalue weighted by molar-refractivity contribution is -0.185. The van der Waals surface area contributed by atoms with Crippen LogP contribution >= 0.6 is 0 Å². The zero-order valence-electron chi connectivity index (χ0n) is 12.2. The molecule has 134 valence electrons. The van der Waals surface area contributed by atoms with Gasteiger partial charge in [0.15, 0.2) is 0 Å². The summed E-state index contributed by atoms with van der Waals surface area (Å²) in [5, 5.41) is 0. The van der Waals surface area contributed by atoms with Crippen molar-refractivity contribution in [3.8, 4) is 0 Å². The highest BCUT2D eigenvalue weighted by Crippen LogP contribution is 2.38. The van der Waals surface area contributed by atoms with E-state index in [0.717, 1.165) is 4.90 Å². The zero-order valence-corrected chi connectivity index (χ0v) is 12.2. The van der Waals surface area contributed by atoms with Crippen molar-refractivity contribution in [2.45, 2.75) is 25.2 Å². The molecule has 0 aromatic rings. The van der Waals surface area contributed by atoms with Crippen LogP contribution < -0.4 is 0 Å². The predicted molar refractivity (Wildman–Crippen MR) is 66.9 cm³/mol. The van der Waals surface area contributed by atoms with Crippen LogP contribution in [-0.2, 0) is 4.74 Å². The molecule has 0 aromatic heterocycles. The van der Waals surface area contributed by atoms with Gasteiger partial charge < -0.3 is 14.5 Å². The number of hydrogen-bond donors (Lipinski definition) is 0. The average Bonchev–Trinajstić information content (AvgIpc) is 2.47. The van der Waals surface area contributed by atoms with Gasteiger partial charge in [0, 0.05) is 26.2 Å². The van der Waals surface area contributed by atoms with E-state index in [4.69, 9.17) is 4.74 Å². The van der Waals surface area contributed by atoms with Crippen molar-refractivity contribution in [2.24, 2.45) is 5.92 Å². The summed E-state index contributed by atoms with van der Waals surface area (Å²) in [5.41, 5.74) is 0. The van der Waals surface area contributed by atoms with Crippen molar-refractivity contribution < 1.29 is 35.5 Å². The fourth-order valence-electron chi connectivity index (χ4n) is 2.80. The second kappa shape index (κ2) is 6.74. The molecule has 23 heavy (non-hydrogen) atoms. The summed E-state index contributed by atoms with van der Waals surface area (Å²) in [6, 6.07) is 0. The number of rotatable bonds is 2. The average molecular weight is 350 g/mol. The van der Waals surface area contributed by atoms with Crippen LogP contribution in [0.4, 0.5) is 30.7 Å². The molecule has 2 saturated heterocycles. The first-order chi connectivity index (χ1) is 10.6. The van der Waals surface area contributed by atoms with Crippen LogP contribution in [0.5, 0.6) is 0 Å². The van der Waals surface area contributed by atoms with Gasteiger partial charge in [-0.1, -0.05) is 0 Å². The molecule has 0 atom stereocenters. The smallest absolute Gasteiger partial charge is 0.378 e. The lowest BCUT2D eigenvalue weighted by Gasteiger charge is -2.41. The molecular weight excluding hydrogens is 333 g/mol. The number of allylic oxidation sites excluding steroid dienone is 1. The first kappa shape index (κ1) is 18.2. The van der Waals surface area contributed by atoms with Crippen LogP contribution in [0.1, 0.15) is 12.8 Å². The van der Waals surface area contributed by atoms with Crippen LogP contribution in [-0.4, -0.2) is 61.5 Å². The topological polar surface area (TPSA) is 15.7 Å². The number of nitrogens with zero attached hydrogens (tertiary/aromatic N) is 2. The first-order valence-electron chi connectivity index (χ1n) is 7.22. The largest absolute Gasteiger partial charge is 0.446 e. The van der Waals surface area contributed by atoms with Crippen LogP contribution in [0.25, 0.3) is 0 Å². The number of alkyl halides is 6. The van der Waals surface area contributed by atoms with E-state index in [1.807, 2.05) is 0 Å². The highest BCUT2D eigenvalue weighted by molar-refractivity contribution is 5.12. The minimum absolute atomic E-state index is 0.0675. The van der Waals surface area contributed by atoms with Gasteiger partial charge >= 0.3 is 12.4 Å². The third-order valence-corrected chi connectivity index (χ3v) is 4.01. The Morgan fingerprint density at radius 3 is 1.74 bits per heavy atom. The highest BCUT2D eigenvalue weighted by atomic mass is 19.4. The Kier molecular flexibility index (Phi) is 5.32. The maximum Gasteiger partial charge on any atom is 0.446 e. The Morgan fingerprint density at radius 1 is 0.826 bits per heavy atom. The van der Waals surface area contributed by atoms with Gasteiger partial charge in [0.25, 0.3) is 0 Å². The molecule has 0 N–H and O–H groups in total. The molecule has 0 aromatic carbocycles. The molecule has 10 heteroatoms. The Morgan fingerprint density at radius 2 is 1.30 bits per heavy atom. The number of ether oxygens (including phenoxy) is 1. The summed E-state index contributed by atoms with van der Waals surface area (Å²) < 4.78 is 95.2. The second-order valence-electron chi connectivity index (χ2n) is 5.54. The fraction of sp³-hybridized carbons (Fsp3) is 0.846. The van der Waals surface area contributed by atoms with Gasteiger partial charge in [0.1, 0.15) is 5.82 Å². The molecule has 3 nitrogen and oxygen atoms in total. The zero-order chi connectivity index (χ0) is 17.3. The fourth-order valence-corrected chi connectivity index (χ4v) is 2.80. The Labute approximate surface area is 128 Å². The Hall–Kier alpha value is -1.19. The number of hydrogen-bond acceptors (Lipinski definition) is 3. The molecule has 0 amide bonds. The van der Waals surface area contributed by atoms with Crippen molar-refractivity contribution in [1.29, 1.82) is 0 Å². The number of likely N-dealkylation sites (tertiary alicyclic amines) is 1. The van der Waals surface area contributed by atoms with E-state index >= 15 is 0 Å². The van der Waals surface area contributed by atoms with E-state index in [9.17, 15) is 30.7 Å². The van der Waals surface area contributed by atoms with Gasteiger partial charge in [0.2, 0.25) is 5.83 Å². The second-order valence-corrected chi connectivity index (χ2v) is 5.54. The predicted octanol–water partition coefficient (Wildman–Crippen LogP) is 3.29. The van der Waals surface area contributed by atoms with Crippen LogP contribution in [0.3, 0.4) is 0 Å². The van der Waals surface area contributed by atoms with Crippen molar-refractivity contribution >= 4 is 0 Å². The van der Waals surface area contributed by atoms with Gasteiger partial charge in [-0.05, 0) is 12.8 Å². The number of halogens is 7. The lowest BCUT2D eigenvalue weighted by atomic mass is 9.96. The van der Waals surface area contributed by atoms with E-state index in [1.54, 1.807) is 0 Å². The Balaban J connectivity index is 2.19. The van der Waals surface area contributed by atoms with Gasteiger partial charge in [-0.25, -0.2) is 0 Å². The Bertz CT molecular complexity index is 433. The number of piperidine rings is 1. The van der Waals surface area contributed by atoms with Crippen LogP contribution in [0.15, 0.2) is 11.6 Å². The summed E-state index contributed by atoms with van der Waals surface area (Å²) >= 11 is 0. The van der Waals surface area contributed by atoms with Gasteiger partial charge in [-0.15, -0.1) is 0 Å². The van der Waals surface area contributed by atoms with Gasteiger partial charge in [-0.3, -0.25) is 0 Å². The van der Waals surface area contributed by atoms with Crippen molar-refractivity contribution in [1.82, 2.24) is 9.80 Å². The maximum atomic E-state index is 13.9. The van der Waals surface area contributed by atoms with E-state index in [1.165, 1.54) is 4.90 Å². The normalized spacial score (nSPS) is 23.1. The summed E-state index contributed by atoms with van der Waals surface area (Å²) in [6.07, 6.45) is -10.2. The molecule has 2 aliphatic rings. The minimum atomic E-state index is -5.17. The van der Waals surface area contributed by atoms with Crippen molar-refractivity contribution in [3.05, 3.63) is 11.6 Å². The van der Waals surface area contributed by atoms with E-state index in [0.29, 0.717) is 0 Å². The van der Waals surface area contributed by atoms with E-state index in [-0.39, 0.29) is 52.2 Å². The van der Waals surface area contributed by atoms with E-state index in [2.05, 4.69) is 0 Å². The molecule has 0 bridgehead atoms. The van der Waals surface area contributed by atoms with Crippen molar-refractivity contribution in [3.63, 3.8) is 0 Å². The molecule has 2 heterocycles. The molecule has 0 saturated carbocycles. The highest BCUT2D eigenvalue weighted by Gasteiger charge is 2.45. The summed E-state index contributed by atoms with van der Waals surface area (Å²) in [4.78, 5) is 2.26. The van der Waals surface area contributed by atoms with Gasteiger partial charge in [0.05, 0.1) is 19.1 Å². The summed E-state index contributed by atoms with van der Waals surface area (Å²) in [5.74, 6) is -4.48. The molecule has 2 rings (SSSR count). The lowest BCUT2D eigenvalue weighted by Crippen LogP contribution is -2.47.